The van der Waals surface area contributed by atoms with Crippen molar-refractivity contribution in [3.8, 4) is 0 Å². The first kappa shape index (κ1) is 14.5. The molecule has 1 aliphatic rings. The van der Waals surface area contributed by atoms with Crippen LogP contribution >= 0.6 is 11.6 Å². The molecule has 1 atom stereocenters. The van der Waals surface area contributed by atoms with Crippen molar-refractivity contribution >= 4 is 17.6 Å². The van der Waals surface area contributed by atoms with Crippen molar-refractivity contribution in [2.45, 2.75) is 18.4 Å². The standard InChI is InChI=1S/C10H14ClN3O4/c11-4-1-5-18-9(15)10(13)3-2-7(12)8(6-10)14(16)17/h2-3H,1,4-6,12-13H2. The maximum absolute atomic E-state index is 11.7. The highest BCUT2D eigenvalue weighted by Gasteiger charge is 2.41. The van der Waals surface area contributed by atoms with Crippen LogP contribution in [-0.4, -0.2) is 28.9 Å². The molecule has 0 amide bonds. The Morgan fingerprint density at radius 2 is 2.33 bits per heavy atom. The third-order valence-corrected chi connectivity index (χ3v) is 2.73. The van der Waals surface area contributed by atoms with Crippen LogP contribution in [0.3, 0.4) is 0 Å². The van der Waals surface area contributed by atoms with Crippen LogP contribution in [0.5, 0.6) is 0 Å². The molecule has 0 aromatic carbocycles. The van der Waals surface area contributed by atoms with Crippen molar-refractivity contribution in [3.05, 3.63) is 33.7 Å². The van der Waals surface area contributed by atoms with Crippen LogP contribution in [0.25, 0.3) is 0 Å². The van der Waals surface area contributed by atoms with Crippen LogP contribution in [-0.2, 0) is 9.53 Å². The molecule has 0 heterocycles. The van der Waals surface area contributed by atoms with E-state index < -0.39 is 16.4 Å². The normalized spacial score (nSPS) is 23.0. The Hall–Kier alpha value is -1.60. The van der Waals surface area contributed by atoms with Gasteiger partial charge >= 0.3 is 5.97 Å². The summed E-state index contributed by atoms with van der Waals surface area (Å²) in [5, 5.41) is 10.7. The van der Waals surface area contributed by atoms with Crippen LogP contribution in [0, 0.1) is 10.1 Å². The predicted octanol–water partition coefficient (Wildman–Crippen LogP) is 0.263. The number of rotatable bonds is 5. The number of allylic oxidation sites excluding steroid dienone is 1. The van der Waals surface area contributed by atoms with E-state index in [1.165, 1.54) is 12.2 Å². The van der Waals surface area contributed by atoms with Gasteiger partial charge in [-0.1, -0.05) is 6.08 Å². The molecule has 0 saturated carbocycles. The van der Waals surface area contributed by atoms with Crippen molar-refractivity contribution in [3.63, 3.8) is 0 Å². The Morgan fingerprint density at radius 1 is 1.67 bits per heavy atom. The van der Waals surface area contributed by atoms with Crippen molar-refractivity contribution in [2.75, 3.05) is 12.5 Å². The topological polar surface area (TPSA) is 121 Å². The van der Waals surface area contributed by atoms with Gasteiger partial charge in [0.1, 0.15) is 11.2 Å². The Kier molecular flexibility index (Phi) is 4.69. The largest absolute Gasteiger partial charge is 0.464 e. The van der Waals surface area contributed by atoms with E-state index in [1.807, 2.05) is 0 Å². The lowest BCUT2D eigenvalue weighted by molar-refractivity contribution is -0.430. The fourth-order valence-electron chi connectivity index (χ4n) is 1.44. The number of hydrogen-bond acceptors (Lipinski definition) is 6. The van der Waals surface area contributed by atoms with Gasteiger partial charge in [-0.2, -0.15) is 0 Å². The van der Waals surface area contributed by atoms with Gasteiger partial charge in [-0.15, -0.1) is 11.6 Å². The smallest absolute Gasteiger partial charge is 0.330 e. The number of carbonyl (C=O) groups excluding carboxylic acids is 1. The summed E-state index contributed by atoms with van der Waals surface area (Å²) < 4.78 is 4.90. The molecule has 0 saturated heterocycles. The molecule has 0 spiro atoms. The minimum atomic E-state index is -1.54. The fourth-order valence-corrected chi connectivity index (χ4v) is 1.55. The minimum Gasteiger partial charge on any atom is -0.464 e. The first-order chi connectivity index (χ1) is 8.40. The van der Waals surface area contributed by atoms with E-state index in [2.05, 4.69) is 0 Å². The Morgan fingerprint density at radius 3 is 2.89 bits per heavy atom. The summed E-state index contributed by atoms with van der Waals surface area (Å²) in [5.74, 6) is -0.371. The van der Waals surface area contributed by atoms with E-state index in [-0.39, 0.29) is 24.4 Å². The van der Waals surface area contributed by atoms with Crippen LogP contribution < -0.4 is 11.5 Å². The highest BCUT2D eigenvalue weighted by atomic mass is 35.5. The summed E-state index contributed by atoms with van der Waals surface area (Å²) in [6, 6.07) is 0. The minimum absolute atomic E-state index is 0.00497. The molecular weight excluding hydrogens is 262 g/mol. The first-order valence-corrected chi connectivity index (χ1v) is 5.78. The lowest BCUT2D eigenvalue weighted by Crippen LogP contribution is -2.49. The molecule has 8 heteroatoms. The molecule has 0 aromatic rings. The predicted molar refractivity (Wildman–Crippen MR) is 65.2 cm³/mol. The SMILES string of the molecule is NC1=C([N+](=O)[O-])CC(N)(C(=O)OCCCCl)C=C1. The molecule has 18 heavy (non-hydrogen) atoms. The zero-order valence-electron chi connectivity index (χ0n) is 9.60. The molecule has 0 aromatic heterocycles. The number of nitro groups is 1. The van der Waals surface area contributed by atoms with Crippen LogP contribution in [0.2, 0.25) is 0 Å². The second-order valence-corrected chi connectivity index (χ2v) is 4.27. The van der Waals surface area contributed by atoms with Crippen molar-refractivity contribution in [2.24, 2.45) is 11.5 Å². The molecule has 4 N–H and O–H groups in total. The van der Waals surface area contributed by atoms with Crippen molar-refractivity contribution < 1.29 is 14.5 Å². The zero-order chi connectivity index (χ0) is 13.8. The maximum atomic E-state index is 11.7. The number of carbonyl (C=O) groups is 1. The Labute approximate surface area is 109 Å². The lowest BCUT2D eigenvalue weighted by atomic mass is 9.89. The van der Waals surface area contributed by atoms with Crippen LogP contribution in [0.4, 0.5) is 0 Å². The third-order valence-electron chi connectivity index (χ3n) is 2.47. The number of ether oxygens (including phenoxy) is 1. The average molecular weight is 276 g/mol. The molecule has 0 aliphatic heterocycles. The quantitative estimate of drug-likeness (QED) is 0.244. The highest BCUT2D eigenvalue weighted by molar-refractivity contribution is 6.17. The summed E-state index contributed by atoms with van der Waals surface area (Å²) in [4.78, 5) is 21.8. The van der Waals surface area contributed by atoms with Gasteiger partial charge in [-0.25, -0.2) is 4.79 Å². The third kappa shape index (κ3) is 3.21. The second kappa shape index (κ2) is 5.83. The summed E-state index contributed by atoms with van der Waals surface area (Å²) in [6.07, 6.45) is 2.78. The average Bonchev–Trinajstić information content (AvgIpc) is 2.32. The molecule has 0 bridgehead atoms. The first-order valence-electron chi connectivity index (χ1n) is 5.25. The van der Waals surface area contributed by atoms with Crippen molar-refractivity contribution in [1.29, 1.82) is 0 Å². The fraction of sp³-hybridized carbons (Fsp3) is 0.500. The molecule has 1 rings (SSSR count). The molecule has 0 radical (unpaired) electrons. The molecule has 7 nitrogen and oxygen atoms in total. The molecular formula is C10H14ClN3O4. The summed E-state index contributed by atoms with van der Waals surface area (Å²) >= 11 is 5.44. The van der Waals surface area contributed by atoms with Crippen LogP contribution in [0.15, 0.2) is 23.5 Å². The summed E-state index contributed by atoms with van der Waals surface area (Å²) in [6.45, 7) is 0.127. The van der Waals surface area contributed by atoms with Gasteiger partial charge in [0, 0.05) is 5.88 Å². The number of nitrogens with zero attached hydrogens (tertiary/aromatic N) is 1. The number of nitrogens with two attached hydrogens (primary N) is 2. The number of alkyl halides is 1. The maximum Gasteiger partial charge on any atom is 0.330 e. The van der Waals surface area contributed by atoms with E-state index in [4.69, 9.17) is 27.8 Å². The van der Waals surface area contributed by atoms with E-state index in [1.54, 1.807) is 0 Å². The molecule has 1 aliphatic carbocycles. The van der Waals surface area contributed by atoms with Crippen LogP contribution in [0.1, 0.15) is 12.8 Å². The van der Waals surface area contributed by atoms with Gasteiger partial charge in [0.05, 0.1) is 18.0 Å². The lowest BCUT2D eigenvalue weighted by Gasteiger charge is -2.25. The van der Waals surface area contributed by atoms with Gasteiger partial charge in [0.25, 0.3) is 5.70 Å². The van der Waals surface area contributed by atoms with E-state index in [0.29, 0.717) is 12.3 Å². The van der Waals surface area contributed by atoms with Crippen molar-refractivity contribution in [1.82, 2.24) is 0 Å². The van der Waals surface area contributed by atoms with Gasteiger partial charge < -0.3 is 16.2 Å². The van der Waals surface area contributed by atoms with E-state index in [0.717, 1.165) is 0 Å². The summed E-state index contributed by atoms with van der Waals surface area (Å²) in [7, 11) is 0. The second-order valence-electron chi connectivity index (χ2n) is 3.89. The molecule has 0 fully saturated rings. The number of halogens is 1. The van der Waals surface area contributed by atoms with Gasteiger partial charge in [0.2, 0.25) is 0 Å². The summed E-state index contributed by atoms with van der Waals surface area (Å²) in [5.41, 5.74) is 9.40. The Bertz CT molecular complexity index is 421. The number of esters is 1. The van der Waals surface area contributed by atoms with E-state index in [9.17, 15) is 14.9 Å². The monoisotopic (exact) mass is 275 g/mol. The zero-order valence-corrected chi connectivity index (χ0v) is 10.4. The van der Waals surface area contributed by atoms with Gasteiger partial charge in [0.15, 0.2) is 0 Å². The van der Waals surface area contributed by atoms with Gasteiger partial charge in [-0.05, 0) is 12.5 Å². The number of hydrogen-bond donors (Lipinski definition) is 2. The Balaban J connectivity index is 2.76. The molecule has 1 unspecified atom stereocenters. The molecule has 100 valence electrons. The van der Waals surface area contributed by atoms with Gasteiger partial charge in [-0.3, -0.25) is 10.1 Å². The highest BCUT2D eigenvalue weighted by Crippen LogP contribution is 2.25. The van der Waals surface area contributed by atoms with E-state index >= 15 is 0 Å².